The molecule has 0 unspecified atom stereocenters. The van der Waals surface area contributed by atoms with Gasteiger partial charge in [-0.15, -0.1) is 0 Å². The summed E-state index contributed by atoms with van der Waals surface area (Å²) in [5.41, 5.74) is 3.91. The molecule has 6 heteroatoms. The van der Waals surface area contributed by atoms with Crippen LogP contribution in [0.25, 0.3) is 11.3 Å². The van der Waals surface area contributed by atoms with Crippen LogP contribution in [0.2, 0.25) is 0 Å². The van der Waals surface area contributed by atoms with E-state index in [0.717, 1.165) is 22.4 Å². The summed E-state index contributed by atoms with van der Waals surface area (Å²) in [7, 11) is 0. The lowest BCUT2D eigenvalue weighted by Gasteiger charge is -2.20. The van der Waals surface area contributed by atoms with Gasteiger partial charge in [0.05, 0.1) is 12.1 Å². The third-order valence-corrected chi connectivity index (χ3v) is 5.27. The number of hydrogen-bond donors (Lipinski definition) is 0. The molecule has 2 aromatic carbocycles. The molecule has 1 fully saturated rings. The van der Waals surface area contributed by atoms with Gasteiger partial charge in [-0.05, 0) is 31.0 Å². The SMILES string of the molecule is Cc1cccc(N2C[C@H](C(=O)OCc3ncc(-c4ccccc4)o3)CC2=O)c1C. The highest BCUT2D eigenvalue weighted by Crippen LogP contribution is 2.30. The molecule has 2 heterocycles. The van der Waals surface area contributed by atoms with Gasteiger partial charge < -0.3 is 14.1 Å². The van der Waals surface area contributed by atoms with Crippen LogP contribution in [0.15, 0.2) is 59.1 Å². The number of ether oxygens (including phenoxy) is 1. The molecule has 3 aromatic rings. The van der Waals surface area contributed by atoms with Crippen LogP contribution in [0.1, 0.15) is 23.4 Å². The summed E-state index contributed by atoms with van der Waals surface area (Å²) in [6, 6.07) is 15.4. The van der Waals surface area contributed by atoms with E-state index in [9.17, 15) is 9.59 Å². The monoisotopic (exact) mass is 390 g/mol. The highest BCUT2D eigenvalue weighted by atomic mass is 16.5. The number of carbonyl (C=O) groups is 2. The lowest BCUT2D eigenvalue weighted by molar-refractivity contribution is -0.150. The maximum Gasteiger partial charge on any atom is 0.311 e. The van der Waals surface area contributed by atoms with E-state index in [-0.39, 0.29) is 18.9 Å². The molecule has 0 saturated carbocycles. The molecule has 0 N–H and O–H groups in total. The smallest absolute Gasteiger partial charge is 0.311 e. The van der Waals surface area contributed by atoms with Gasteiger partial charge in [-0.3, -0.25) is 9.59 Å². The van der Waals surface area contributed by atoms with Crippen molar-refractivity contribution in [1.82, 2.24) is 4.98 Å². The molecule has 1 aliphatic heterocycles. The molecule has 148 valence electrons. The van der Waals surface area contributed by atoms with Crippen LogP contribution in [0.4, 0.5) is 5.69 Å². The number of amides is 1. The molecule has 1 aromatic heterocycles. The Bertz CT molecular complexity index is 1040. The number of oxazole rings is 1. The van der Waals surface area contributed by atoms with Gasteiger partial charge in [0.15, 0.2) is 12.4 Å². The van der Waals surface area contributed by atoms with E-state index in [2.05, 4.69) is 4.98 Å². The van der Waals surface area contributed by atoms with Crippen LogP contribution in [0.5, 0.6) is 0 Å². The normalized spacial score (nSPS) is 16.3. The number of aryl methyl sites for hydroxylation is 1. The Labute approximate surface area is 169 Å². The van der Waals surface area contributed by atoms with Gasteiger partial charge in [0.25, 0.3) is 0 Å². The zero-order chi connectivity index (χ0) is 20.4. The highest BCUT2D eigenvalue weighted by molar-refractivity contribution is 6.00. The molecule has 0 spiro atoms. The standard InChI is InChI=1S/C23H22N2O4/c1-15-7-6-10-19(16(15)2)25-13-18(11-22(25)26)23(27)28-14-21-24-12-20(29-21)17-8-4-3-5-9-17/h3-10,12,18H,11,13-14H2,1-2H3/t18-/m1/s1. The van der Waals surface area contributed by atoms with Crippen molar-refractivity contribution in [3.63, 3.8) is 0 Å². The van der Waals surface area contributed by atoms with E-state index in [0.29, 0.717) is 18.2 Å². The Balaban J connectivity index is 1.38. The fraction of sp³-hybridized carbons (Fsp3) is 0.261. The van der Waals surface area contributed by atoms with Gasteiger partial charge in [-0.1, -0.05) is 42.5 Å². The third kappa shape index (κ3) is 3.92. The molecule has 0 bridgehead atoms. The number of anilines is 1. The fourth-order valence-corrected chi connectivity index (χ4v) is 3.49. The first kappa shape index (κ1) is 18.9. The first-order valence-electron chi connectivity index (χ1n) is 9.56. The summed E-state index contributed by atoms with van der Waals surface area (Å²) in [4.78, 5) is 30.8. The number of benzene rings is 2. The maximum atomic E-state index is 12.5. The minimum absolute atomic E-state index is 0.0557. The van der Waals surface area contributed by atoms with Crippen molar-refractivity contribution in [3.05, 3.63) is 71.7 Å². The summed E-state index contributed by atoms with van der Waals surface area (Å²) >= 11 is 0. The molecular formula is C23H22N2O4. The van der Waals surface area contributed by atoms with E-state index in [4.69, 9.17) is 9.15 Å². The Morgan fingerprint density at radius 2 is 1.97 bits per heavy atom. The molecule has 6 nitrogen and oxygen atoms in total. The molecule has 0 aliphatic carbocycles. The Morgan fingerprint density at radius 3 is 2.76 bits per heavy atom. The van der Waals surface area contributed by atoms with Crippen LogP contribution in [0, 0.1) is 19.8 Å². The average molecular weight is 390 g/mol. The molecule has 1 aliphatic rings. The minimum Gasteiger partial charge on any atom is -0.455 e. The largest absolute Gasteiger partial charge is 0.455 e. The van der Waals surface area contributed by atoms with Crippen molar-refractivity contribution in [2.24, 2.45) is 5.92 Å². The number of carbonyl (C=O) groups excluding carboxylic acids is 2. The van der Waals surface area contributed by atoms with Crippen LogP contribution in [0.3, 0.4) is 0 Å². The van der Waals surface area contributed by atoms with E-state index in [1.54, 1.807) is 11.1 Å². The van der Waals surface area contributed by atoms with Gasteiger partial charge >= 0.3 is 5.97 Å². The number of rotatable bonds is 5. The molecule has 29 heavy (non-hydrogen) atoms. The topological polar surface area (TPSA) is 72.6 Å². The van der Waals surface area contributed by atoms with Crippen LogP contribution >= 0.6 is 0 Å². The van der Waals surface area contributed by atoms with Crippen molar-refractivity contribution in [2.75, 3.05) is 11.4 Å². The predicted molar refractivity (Wildman–Crippen MR) is 108 cm³/mol. The number of hydrogen-bond acceptors (Lipinski definition) is 5. The lowest BCUT2D eigenvalue weighted by Crippen LogP contribution is -2.27. The summed E-state index contributed by atoms with van der Waals surface area (Å²) < 4.78 is 11.0. The van der Waals surface area contributed by atoms with E-state index >= 15 is 0 Å². The van der Waals surface area contributed by atoms with E-state index < -0.39 is 11.9 Å². The van der Waals surface area contributed by atoms with Gasteiger partial charge in [-0.2, -0.15) is 0 Å². The quantitative estimate of drug-likeness (QED) is 0.615. The minimum atomic E-state index is -0.494. The second-order valence-electron chi connectivity index (χ2n) is 7.22. The fourth-order valence-electron chi connectivity index (χ4n) is 3.49. The number of esters is 1. The zero-order valence-electron chi connectivity index (χ0n) is 16.4. The van der Waals surface area contributed by atoms with Crippen LogP contribution in [-0.4, -0.2) is 23.4 Å². The molecule has 1 atom stereocenters. The van der Waals surface area contributed by atoms with Crippen LogP contribution < -0.4 is 4.90 Å². The first-order valence-corrected chi connectivity index (χ1v) is 9.56. The first-order chi connectivity index (χ1) is 14.0. The summed E-state index contributed by atoms with van der Waals surface area (Å²) in [5, 5.41) is 0. The highest BCUT2D eigenvalue weighted by Gasteiger charge is 2.36. The Hall–Kier alpha value is -3.41. The molecule has 4 rings (SSSR count). The second kappa shape index (κ2) is 7.91. The number of nitrogens with zero attached hydrogens (tertiary/aromatic N) is 2. The Morgan fingerprint density at radius 1 is 1.17 bits per heavy atom. The van der Waals surface area contributed by atoms with Gasteiger partial charge in [0.2, 0.25) is 11.8 Å². The van der Waals surface area contributed by atoms with E-state index in [1.165, 1.54) is 0 Å². The summed E-state index contributed by atoms with van der Waals surface area (Å²) in [6.45, 7) is 4.25. The summed E-state index contributed by atoms with van der Waals surface area (Å²) in [5.74, 6) is -0.0265. The van der Waals surface area contributed by atoms with Crippen molar-refractivity contribution in [3.8, 4) is 11.3 Å². The van der Waals surface area contributed by atoms with E-state index in [1.807, 2.05) is 62.4 Å². The van der Waals surface area contributed by atoms with Crippen molar-refractivity contribution < 1.29 is 18.7 Å². The van der Waals surface area contributed by atoms with Crippen molar-refractivity contribution in [2.45, 2.75) is 26.9 Å². The molecule has 1 saturated heterocycles. The van der Waals surface area contributed by atoms with Gasteiger partial charge in [-0.25, -0.2) is 4.98 Å². The van der Waals surface area contributed by atoms with Crippen LogP contribution in [-0.2, 0) is 20.9 Å². The van der Waals surface area contributed by atoms with Crippen molar-refractivity contribution in [1.29, 1.82) is 0 Å². The lowest BCUT2D eigenvalue weighted by atomic mass is 10.1. The van der Waals surface area contributed by atoms with Gasteiger partial charge in [0, 0.05) is 24.2 Å². The average Bonchev–Trinajstić information content (AvgIpc) is 3.36. The molecule has 1 amide bonds. The van der Waals surface area contributed by atoms with Gasteiger partial charge in [0.1, 0.15) is 0 Å². The zero-order valence-corrected chi connectivity index (χ0v) is 16.4. The third-order valence-electron chi connectivity index (χ3n) is 5.27. The maximum absolute atomic E-state index is 12.5. The predicted octanol–water partition coefficient (Wildman–Crippen LogP) is 4.05. The molecular weight excluding hydrogens is 368 g/mol. The molecule has 0 radical (unpaired) electrons. The second-order valence-corrected chi connectivity index (χ2v) is 7.22. The summed E-state index contributed by atoms with van der Waals surface area (Å²) in [6.07, 6.45) is 1.76. The number of aromatic nitrogens is 1. The Kier molecular flexibility index (Phi) is 5.16. The van der Waals surface area contributed by atoms with Crippen molar-refractivity contribution >= 4 is 17.6 Å².